The number of aliphatic hydroxyl groups is 1. The minimum atomic E-state index is -0.738. The fourth-order valence-corrected chi connectivity index (χ4v) is 4.70. The van der Waals surface area contributed by atoms with E-state index in [0.717, 1.165) is 16.0 Å². The Labute approximate surface area is 188 Å². The Morgan fingerprint density at radius 3 is 2.47 bits per heavy atom. The molecule has 0 saturated carbocycles. The van der Waals surface area contributed by atoms with Gasteiger partial charge in [0, 0.05) is 16.1 Å². The Balaban J connectivity index is 1.96. The standard InChI is InChI=1S/C23H17Cl2NO3S/c1-12-5-6-13(2)17(10-12)26-20(18-4-3-9-30-18)19(22(28)23(26)29)21(27)14-7-8-15(24)16(25)11-14/h3-11,20,27H,1-2H3/b21-19-. The number of halogens is 2. The number of carbonyl (C=O) groups excluding carboxylic acids is 2. The molecule has 0 bridgehead atoms. The van der Waals surface area contributed by atoms with Gasteiger partial charge in [0.05, 0.1) is 15.6 Å². The van der Waals surface area contributed by atoms with Gasteiger partial charge in [0.25, 0.3) is 11.7 Å². The van der Waals surface area contributed by atoms with Crippen LogP contribution in [0.2, 0.25) is 10.0 Å². The van der Waals surface area contributed by atoms with Crippen molar-refractivity contribution in [1.29, 1.82) is 0 Å². The second kappa shape index (κ2) is 7.91. The van der Waals surface area contributed by atoms with Gasteiger partial charge >= 0.3 is 0 Å². The van der Waals surface area contributed by atoms with Gasteiger partial charge in [0.2, 0.25) is 0 Å². The van der Waals surface area contributed by atoms with E-state index in [1.54, 1.807) is 12.1 Å². The lowest BCUT2D eigenvalue weighted by molar-refractivity contribution is -0.132. The Kier molecular flexibility index (Phi) is 5.45. The number of hydrogen-bond donors (Lipinski definition) is 1. The molecule has 2 heterocycles. The van der Waals surface area contributed by atoms with E-state index in [1.807, 2.05) is 49.6 Å². The topological polar surface area (TPSA) is 57.6 Å². The van der Waals surface area contributed by atoms with Crippen LogP contribution in [0.25, 0.3) is 5.76 Å². The molecule has 1 aliphatic rings. The van der Waals surface area contributed by atoms with Gasteiger partial charge in [0.1, 0.15) is 11.8 Å². The van der Waals surface area contributed by atoms with E-state index in [0.29, 0.717) is 16.3 Å². The van der Waals surface area contributed by atoms with Gasteiger partial charge in [-0.25, -0.2) is 0 Å². The van der Waals surface area contributed by atoms with Crippen LogP contribution in [0.4, 0.5) is 5.69 Å². The van der Waals surface area contributed by atoms with E-state index in [4.69, 9.17) is 23.2 Å². The van der Waals surface area contributed by atoms with Crippen molar-refractivity contribution in [3.8, 4) is 0 Å². The molecule has 3 aromatic rings. The second-order valence-corrected chi connectivity index (χ2v) is 8.90. The van der Waals surface area contributed by atoms with Crippen LogP contribution in [0.15, 0.2) is 59.5 Å². The first-order valence-corrected chi connectivity index (χ1v) is 10.8. The lowest BCUT2D eigenvalue weighted by Gasteiger charge is -2.26. The van der Waals surface area contributed by atoms with E-state index < -0.39 is 17.7 Å². The molecule has 1 aliphatic heterocycles. The summed E-state index contributed by atoms with van der Waals surface area (Å²) >= 11 is 13.5. The molecule has 1 fully saturated rings. The number of rotatable bonds is 3. The molecule has 30 heavy (non-hydrogen) atoms. The normalized spacial score (nSPS) is 18.3. The summed E-state index contributed by atoms with van der Waals surface area (Å²) in [6, 6.07) is 13.3. The zero-order chi connectivity index (χ0) is 21.6. The first-order valence-electron chi connectivity index (χ1n) is 9.16. The fourth-order valence-electron chi connectivity index (χ4n) is 3.57. The van der Waals surface area contributed by atoms with Crippen LogP contribution in [-0.4, -0.2) is 16.8 Å². The average Bonchev–Trinajstić information content (AvgIpc) is 3.33. The van der Waals surface area contributed by atoms with Gasteiger partial charge in [-0.15, -0.1) is 11.3 Å². The van der Waals surface area contributed by atoms with E-state index >= 15 is 0 Å². The Hall–Kier alpha value is -2.60. The molecule has 1 unspecified atom stereocenters. The van der Waals surface area contributed by atoms with Crippen LogP contribution in [0.5, 0.6) is 0 Å². The minimum absolute atomic E-state index is 0.0294. The van der Waals surface area contributed by atoms with Crippen LogP contribution in [0, 0.1) is 13.8 Å². The van der Waals surface area contributed by atoms with Gasteiger partial charge in [-0.1, -0.05) is 41.4 Å². The largest absolute Gasteiger partial charge is 0.507 e. The van der Waals surface area contributed by atoms with Crippen molar-refractivity contribution in [2.24, 2.45) is 0 Å². The van der Waals surface area contributed by atoms with Crippen molar-refractivity contribution in [2.45, 2.75) is 19.9 Å². The Bertz CT molecular complexity index is 1200. The van der Waals surface area contributed by atoms with Gasteiger partial charge in [-0.2, -0.15) is 0 Å². The van der Waals surface area contributed by atoms with Crippen molar-refractivity contribution in [1.82, 2.24) is 0 Å². The quantitative estimate of drug-likeness (QED) is 0.285. The van der Waals surface area contributed by atoms with Crippen LogP contribution in [-0.2, 0) is 9.59 Å². The zero-order valence-corrected chi connectivity index (χ0v) is 18.5. The number of amides is 1. The first-order chi connectivity index (χ1) is 14.3. The highest BCUT2D eigenvalue weighted by Gasteiger charge is 2.47. The molecule has 4 nitrogen and oxygen atoms in total. The monoisotopic (exact) mass is 457 g/mol. The second-order valence-electron chi connectivity index (χ2n) is 7.10. The number of anilines is 1. The average molecular weight is 458 g/mol. The summed E-state index contributed by atoms with van der Waals surface area (Å²) in [5, 5.41) is 13.5. The summed E-state index contributed by atoms with van der Waals surface area (Å²) in [4.78, 5) is 28.5. The third-order valence-corrected chi connectivity index (χ3v) is 6.74. The van der Waals surface area contributed by atoms with Crippen molar-refractivity contribution in [2.75, 3.05) is 4.90 Å². The summed E-state index contributed by atoms with van der Waals surface area (Å²) in [7, 11) is 0. The molecule has 152 valence electrons. The molecule has 2 aromatic carbocycles. The van der Waals surface area contributed by atoms with E-state index in [1.165, 1.54) is 22.3 Å². The molecule has 0 aliphatic carbocycles. The van der Waals surface area contributed by atoms with Gasteiger partial charge < -0.3 is 5.11 Å². The summed E-state index contributed by atoms with van der Waals surface area (Å²) in [5.41, 5.74) is 2.82. The third-order valence-electron chi connectivity index (χ3n) is 5.07. The molecular weight excluding hydrogens is 441 g/mol. The number of thiophene rings is 1. The summed E-state index contributed by atoms with van der Waals surface area (Å²) in [5.74, 6) is -1.69. The molecule has 1 atom stereocenters. The number of ketones is 1. The number of Topliss-reactive ketones (excluding diaryl/α,β-unsaturated/α-hetero) is 1. The number of benzene rings is 2. The van der Waals surface area contributed by atoms with Gasteiger partial charge in [-0.05, 0) is 60.7 Å². The van der Waals surface area contributed by atoms with Crippen LogP contribution in [0.3, 0.4) is 0 Å². The number of hydrogen-bond acceptors (Lipinski definition) is 4. The third kappa shape index (κ3) is 3.43. The highest BCUT2D eigenvalue weighted by molar-refractivity contribution is 7.10. The predicted molar refractivity (Wildman–Crippen MR) is 121 cm³/mol. The smallest absolute Gasteiger partial charge is 0.300 e. The van der Waals surface area contributed by atoms with Crippen molar-refractivity contribution >= 4 is 57.7 Å². The predicted octanol–water partition coefficient (Wildman–Crippen LogP) is 6.30. The number of nitrogens with zero attached hydrogens (tertiary/aromatic N) is 1. The maximum atomic E-state index is 13.1. The molecule has 0 radical (unpaired) electrons. The van der Waals surface area contributed by atoms with Crippen LogP contribution >= 0.6 is 34.5 Å². The van der Waals surface area contributed by atoms with Crippen molar-refractivity contribution in [3.05, 3.63) is 91.1 Å². The van der Waals surface area contributed by atoms with E-state index in [2.05, 4.69) is 0 Å². The molecule has 0 spiro atoms. The highest BCUT2D eigenvalue weighted by Crippen LogP contribution is 2.44. The summed E-state index contributed by atoms with van der Waals surface area (Å²) in [6.07, 6.45) is 0. The van der Waals surface area contributed by atoms with Gasteiger partial charge in [-0.3, -0.25) is 14.5 Å². The van der Waals surface area contributed by atoms with Crippen LogP contribution in [0.1, 0.15) is 27.6 Å². The zero-order valence-electron chi connectivity index (χ0n) is 16.1. The summed E-state index contributed by atoms with van der Waals surface area (Å²) < 4.78 is 0. The Morgan fingerprint density at radius 1 is 1.03 bits per heavy atom. The molecular formula is C23H17Cl2NO3S. The minimum Gasteiger partial charge on any atom is -0.507 e. The lowest BCUT2D eigenvalue weighted by Crippen LogP contribution is -2.29. The number of carbonyl (C=O) groups is 2. The van der Waals surface area contributed by atoms with E-state index in [-0.39, 0.29) is 16.4 Å². The molecule has 1 saturated heterocycles. The van der Waals surface area contributed by atoms with E-state index in [9.17, 15) is 14.7 Å². The molecule has 1 N–H and O–H groups in total. The SMILES string of the molecule is Cc1ccc(C)c(N2C(=O)C(=O)/C(=C(\O)c3ccc(Cl)c(Cl)c3)C2c2cccs2)c1. The molecule has 4 rings (SSSR count). The van der Waals surface area contributed by atoms with Crippen molar-refractivity contribution < 1.29 is 14.7 Å². The van der Waals surface area contributed by atoms with Crippen LogP contribution < -0.4 is 4.90 Å². The number of aryl methyl sites for hydroxylation is 2. The van der Waals surface area contributed by atoms with Crippen molar-refractivity contribution in [3.63, 3.8) is 0 Å². The molecule has 1 aromatic heterocycles. The highest BCUT2D eigenvalue weighted by atomic mass is 35.5. The fraction of sp³-hybridized carbons (Fsp3) is 0.130. The molecule has 7 heteroatoms. The summed E-state index contributed by atoms with van der Waals surface area (Å²) in [6.45, 7) is 3.81. The van der Waals surface area contributed by atoms with Gasteiger partial charge in [0.15, 0.2) is 0 Å². The number of aliphatic hydroxyl groups excluding tert-OH is 1. The lowest BCUT2D eigenvalue weighted by atomic mass is 9.99. The maximum absolute atomic E-state index is 13.1. The molecule has 1 amide bonds. The Morgan fingerprint density at radius 2 is 1.80 bits per heavy atom. The maximum Gasteiger partial charge on any atom is 0.300 e. The first kappa shape index (κ1) is 20.7.